The second-order valence-electron chi connectivity index (χ2n) is 2.42. The lowest BCUT2D eigenvalue weighted by atomic mass is 10.2. The molecule has 0 rings (SSSR count). The fraction of sp³-hybridized carbons (Fsp3) is 0.625. The highest BCUT2D eigenvalue weighted by Gasteiger charge is 2.32. The number of unbranched alkanes of at least 4 members (excludes halogenated alkanes) is 2. The molecule has 0 atom stereocenters. The summed E-state index contributed by atoms with van der Waals surface area (Å²) in [4.78, 5) is 10.9. The summed E-state index contributed by atoms with van der Waals surface area (Å²) < 4.78 is 2.72. The maximum Gasteiger partial charge on any atom is 0.358 e. The van der Waals surface area contributed by atoms with E-state index in [2.05, 4.69) is 11.3 Å². The zero-order chi connectivity index (χ0) is 10.3. The highest BCUT2D eigenvalue weighted by Crippen LogP contribution is 2.27. The predicted octanol–water partition coefficient (Wildman–Crippen LogP) is 3.26. The van der Waals surface area contributed by atoms with E-state index in [1.807, 2.05) is 0 Å². The number of alkyl halides is 3. The molecule has 0 heterocycles. The van der Waals surface area contributed by atoms with Crippen LogP contribution in [-0.4, -0.2) is 16.4 Å². The molecule has 0 saturated heterocycles. The Morgan fingerprint density at radius 3 is 2.46 bits per heavy atom. The Kier molecular flexibility index (Phi) is 6.56. The first-order valence-electron chi connectivity index (χ1n) is 3.83. The molecule has 0 spiro atoms. The largest absolute Gasteiger partial charge is 0.463 e. The predicted molar refractivity (Wildman–Crippen MR) is 55.3 cm³/mol. The summed E-state index contributed by atoms with van der Waals surface area (Å²) >= 11 is 15.8. The first kappa shape index (κ1) is 13.1. The van der Waals surface area contributed by atoms with Crippen LogP contribution >= 0.6 is 34.8 Å². The number of carbonyl (C=O) groups is 1. The van der Waals surface area contributed by atoms with E-state index < -0.39 is 9.76 Å². The van der Waals surface area contributed by atoms with Gasteiger partial charge in [0, 0.05) is 0 Å². The van der Waals surface area contributed by atoms with E-state index in [4.69, 9.17) is 34.8 Å². The van der Waals surface area contributed by atoms with Gasteiger partial charge in [-0.25, -0.2) is 4.79 Å². The highest BCUT2D eigenvalue weighted by atomic mass is 35.6. The molecule has 0 saturated carbocycles. The fourth-order valence-electron chi connectivity index (χ4n) is 0.637. The minimum atomic E-state index is -1.96. The van der Waals surface area contributed by atoms with Crippen LogP contribution in [0.5, 0.6) is 0 Å². The third kappa shape index (κ3) is 7.17. The molecule has 13 heavy (non-hydrogen) atoms. The highest BCUT2D eigenvalue weighted by molar-refractivity contribution is 6.75. The smallest absolute Gasteiger partial charge is 0.358 e. The Morgan fingerprint density at radius 1 is 1.38 bits per heavy atom. The third-order valence-electron chi connectivity index (χ3n) is 1.27. The maximum atomic E-state index is 10.9. The number of rotatable bonds is 5. The third-order valence-corrected chi connectivity index (χ3v) is 1.73. The quantitative estimate of drug-likeness (QED) is 0.322. The number of ether oxygens (including phenoxy) is 1. The van der Waals surface area contributed by atoms with Crippen molar-refractivity contribution in [1.82, 2.24) is 0 Å². The minimum absolute atomic E-state index is 0.278. The molecule has 5 heteroatoms. The fourth-order valence-corrected chi connectivity index (χ4v) is 0.801. The topological polar surface area (TPSA) is 26.3 Å². The summed E-state index contributed by atoms with van der Waals surface area (Å²) in [6.45, 7) is 3.84. The van der Waals surface area contributed by atoms with Crippen LogP contribution in [0.1, 0.15) is 19.3 Å². The number of carbonyl (C=O) groups excluding carboxylic acids is 1. The second-order valence-corrected chi connectivity index (χ2v) is 4.70. The van der Waals surface area contributed by atoms with E-state index in [1.165, 1.54) is 0 Å². The molecule has 0 unspecified atom stereocenters. The lowest BCUT2D eigenvalue weighted by Gasteiger charge is -2.09. The van der Waals surface area contributed by atoms with Gasteiger partial charge in [-0.3, -0.25) is 0 Å². The summed E-state index contributed by atoms with van der Waals surface area (Å²) in [5, 5.41) is 0. The van der Waals surface area contributed by atoms with E-state index >= 15 is 0 Å². The molecule has 0 bridgehead atoms. The Hall–Kier alpha value is 0.0800. The summed E-state index contributed by atoms with van der Waals surface area (Å²) in [6.07, 6.45) is 4.36. The van der Waals surface area contributed by atoms with Crippen molar-refractivity contribution < 1.29 is 9.53 Å². The van der Waals surface area contributed by atoms with Gasteiger partial charge in [0.15, 0.2) is 0 Å². The molecule has 76 valence electrons. The normalized spacial score (nSPS) is 11.0. The van der Waals surface area contributed by atoms with Crippen LogP contribution in [0.25, 0.3) is 0 Å². The lowest BCUT2D eigenvalue weighted by Crippen LogP contribution is -2.22. The summed E-state index contributed by atoms with van der Waals surface area (Å²) in [6, 6.07) is 0. The van der Waals surface area contributed by atoms with Crippen molar-refractivity contribution in [3.8, 4) is 0 Å². The van der Waals surface area contributed by atoms with Crippen LogP contribution in [0.3, 0.4) is 0 Å². The molecule has 0 aromatic carbocycles. The molecular weight excluding hydrogens is 234 g/mol. The number of allylic oxidation sites excluding steroid dienone is 1. The molecular formula is C8H11Cl3O2. The van der Waals surface area contributed by atoms with Crippen molar-refractivity contribution in [3.05, 3.63) is 12.7 Å². The van der Waals surface area contributed by atoms with Gasteiger partial charge in [-0.15, -0.1) is 6.58 Å². The van der Waals surface area contributed by atoms with Crippen LogP contribution in [-0.2, 0) is 9.53 Å². The molecule has 0 aliphatic carbocycles. The molecule has 0 N–H and O–H groups in total. The van der Waals surface area contributed by atoms with Crippen molar-refractivity contribution in [3.63, 3.8) is 0 Å². The van der Waals surface area contributed by atoms with E-state index in [-0.39, 0.29) is 6.61 Å². The second kappa shape index (κ2) is 6.52. The van der Waals surface area contributed by atoms with Gasteiger partial charge < -0.3 is 4.74 Å². The minimum Gasteiger partial charge on any atom is -0.463 e. The van der Waals surface area contributed by atoms with Crippen LogP contribution < -0.4 is 0 Å². The molecule has 0 amide bonds. The lowest BCUT2D eigenvalue weighted by molar-refractivity contribution is -0.142. The monoisotopic (exact) mass is 244 g/mol. The SMILES string of the molecule is C=CCCCCOC(=O)C(Cl)(Cl)Cl. The Bertz CT molecular complexity index is 175. The Morgan fingerprint density at radius 2 is 2.00 bits per heavy atom. The van der Waals surface area contributed by atoms with Gasteiger partial charge in [-0.2, -0.15) is 0 Å². The number of hydrogen-bond donors (Lipinski definition) is 0. The van der Waals surface area contributed by atoms with Crippen LogP contribution in [0.4, 0.5) is 0 Å². The summed E-state index contributed by atoms with van der Waals surface area (Å²) in [7, 11) is 0. The van der Waals surface area contributed by atoms with Crippen molar-refractivity contribution >= 4 is 40.8 Å². The maximum absolute atomic E-state index is 10.9. The van der Waals surface area contributed by atoms with Gasteiger partial charge in [-0.05, 0) is 19.3 Å². The van der Waals surface area contributed by atoms with Crippen LogP contribution in [0.15, 0.2) is 12.7 Å². The Labute approximate surface area is 92.8 Å². The van der Waals surface area contributed by atoms with Gasteiger partial charge in [0.1, 0.15) is 0 Å². The van der Waals surface area contributed by atoms with Gasteiger partial charge in [0.05, 0.1) is 6.61 Å². The molecule has 0 aromatic heterocycles. The van der Waals surface area contributed by atoms with Crippen molar-refractivity contribution in [1.29, 1.82) is 0 Å². The molecule has 0 radical (unpaired) electrons. The van der Waals surface area contributed by atoms with Crippen LogP contribution in [0, 0.1) is 0 Å². The number of esters is 1. The van der Waals surface area contributed by atoms with Gasteiger partial charge in [-0.1, -0.05) is 40.9 Å². The first-order valence-corrected chi connectivity index (χ1v) is 4.96. The standard InChI is InChI=1S/C8H11Cl3O2/c1-2-3-4-5-6-13-7(12)8(9,10)11/h2H,1,3-6H2. The molecule has 0 aromatic rings. The van der Waals surface area contributed by atoms with E-state index in [1.54, 1.807) is 6.08 Å². The van der Waals surface area contributed by atoms with Crippen LogP contribution in [0.2, 0.25) is 0 Å². The van der Waals surface area contributed by atoms with E-state index in [0.717, 1.165) is 19.3 Å². The molecule has 0 aliphatic heterocycles. The molecule has 0 fully saturated rings. The Balaban J connectivity index is 3.43. The van der Waals surface area contributed by atoms with E-state index in [0.29, 0.717) is 0 Å². The first-order chi connectivity index (χ1) is 5.98. The van der Waals surface area contributed by atoms with Gasteiger partial charge in [0.2, 0.25) is 0 Å². The number of hydrogen-bond acceptors (Lipinski definition) is 2. The zero-order valence-electron chi connectivity index (χ0n) is 7.06. The average Bonchev–Trinajstić information content (AvgIpc) is 2.02. The molecule has 0 aliphatic rings. The van der Waals surface area contributed by atoms with Crippen molar-refractivity contribution in [2.24, 2.45) is 0 Å². The van der Waals surface area contributed by atoms with E-state index in [9.17, 15) is 4.79 Å². The zero-order valence-corrected chi connectivity index (χ0v) is 9.33. The van der Waals surface area contributed by atoms with Gasteiger partial charge in [0.25, 0.3) is 3.79 Å². The summed E-state index contributed by atoms with van der Waals surface area (Å²) in [5.74, 6) is -0.823. The number of halogens is 3. The average molecular weight is 246 g/mol. The van der Waals surface area contributed by atoms with Crippen molar-refractivity contribution in [2.75, 3.05) is 6.61 Å². The summed E-state index contributed by atoms with van der Waals surface area (Å²) in [5.41, 5.74) is 0. The van der Waals surface area contributed by atoms with Gasteiger partial charge >= 0.3 is 5.97 Å². The van der Waals surface area contributed by atoms with Crippen molar-refractivity contribution in [2.45, 2.75) is 23.1 Å². The molecule has 2 nitrogen and oxygen atoms in total.